The number of aryl methyl sites for hydroxylation is 1. The Hall–Kier alpha value is -1.71. The summed E-state index contributed by atoms with van der Waals surface area (Å²) in [5, 5.41) is 3.97. The Labute approximate surface area is 93.4 Å². The Morgan fingerprint density at radius 1 is 1.50 bits per heavy atom. The minimum Gasteiger partial charge on any atom is -0.273 e. The van der Waals surface area contributed by atoms with Crippen molar-refractivity contribution < 1.29 is 9.18 Å². The maximum absolute atomic E-state index is 13.6. The van der Waals surface area contributed by atoms with Gasteiger partial charge in [-0.1, -0.05) is 19.1 Å². The van der Waals surface area contributed by atoms with Crippen LogP contribution in [0.3, 0.4) is 0 Å². The molecule has 1 aromatic carbocycles. The van der Waals surface area contributed by atoms with Crippen LogP contribution < -0.4 is 5.43 Å². The van der Waals surface area contributed by atoms with Gasteiger partial charge in [0, 0.05) is 12.0 Å². The minimum atomic E-state index is -0.264. The second-order valence-electron chi connectivity index (χ2n) is 3.72. The van der Waals surface area contributed by atoms with Crippen molar-refractivity contribution in [2.24, 2.45) is 5.10 Å². The lowest BCUT2D eigenvalue weighted by atomic mass is 10.1. The molecule has 1 aromatic rings. The largest absolute Gasteiger partial charge is 0.273 e. The molecule has 0 unspecified atom stereocenters. The third-order valence-corrected chi connectivity index (χ3v) is 2.66. The zero-order valence-corrected chi connectivity index (χ0v) is 9.09. The molecule has 1 N–H and O–H groups in total. The predicted molar refractivity (Wildman–Crippen MR) is 59.7 cm³/mol. The monoisotopic (exact) mass is 220 g/mol. The molecule has 0 radical (unpaired) electrons. The summed E-state index contributed by atoms with van der Waals surface area (Å²) in [6.07, 6.45) is 1.84. The molecule has 1 aliphatic rings. The summed E-state index contributed by atoms with van der Waals surface area (Å²) in [5.41, 5.74) is 4.58. The van der Waals surface area contributed by atoms with Gasteiger partial charge in [-0.2, -0.15) is 5.10 Å². The van der Waals surface area contributed by atoms with E-state index < -0.39 is 0 Å². The molecule has 0 fully saturated rings. The molecule has 0 atom stereocenters. The number of hydrazone groups is 1. The first-order valence-corrected chi connectivity index (χ1v) is 5.35. The Bertz CT molecular complexity index is 454. The highest BCUT2D eigenvalue weighted by molar-refractivity contribution is 6.05. The van der Waals surface area contributed by atoms with Crippen molar-refractivity contribution >= 4 is 11.6 Å². The lowest BCUT2D eigenvalue weighted by Crippen LogP contribution is -2.18. The summed E-state index contributed by atoms with van der Waals surface area (Å²) in [7, 11) is 0. The van der Waals surface area contributed by atoms with Crippen LogP contribution in [0.5, 0.6) is 0 Å². The van der Waals surface area contributed by atoms with E-state index in [9.17, 15) is 9.18 Å². The van der Waals surface area contributed by atoms with Gasteiger partial charge in [-0.15, -0.1) is 0 Å². The average Bonchev–Trinajstić information content (AvgIpc) is 2.70. The summed E-state index contributed by atoms with van der Waals surface area (Å²) < 4.78 is 13.6. The first-order chi connectivity index (χ1) is 7.72. The molecule has 2 rings (SSSR count). The first-order valence-electron chi connectivity index (χ1n) is 5.35. The van der Waals surface area contributed by atoms with Gasteiger partial charge in [-0.05, 0) is 24.5 Å². The van der Waals surface area contributed by atoms with E-state index >= 15 is 0 Å². The Balaban J connectivity index is 2.26. The summed E-state index contributed by atoms with van der Waals surface area (Å²) >= 11 is 0. The van der Waals surface area contributed by atoms with Crippen molar-refractivity contribution in [1.82, 2.24) is 5.43 Å². The molecular formula is C12H13FN2O. The Kier molecular flexibility index (Phi) is 2.99. The molecule has 3 nitrogen and oxygen atoms in total. The van der Waals surface area contributed by atoms with E-state index in [1.165, 1.54) is 6.07 Å². The van der Waals surface area contributed by atoms with Gasteiger partial charge in [0.15, 0.2) is 0 Å². The van der Waals surface area contributed by atoms with E-state index in [0.29, 0.717) is 24.1 Å². The standard InChI is InChI=1S/C12H13FN2O/c1-2-11(16)15-14-10-7-6-8-4-3-5-9(13)12(8)10/h3-5H,2,6-7H2,1H3,(H,15,16)/b14-10+. The van der Waals surface area contributed by atoms with Crippen LogP contribution in [0.25, 0.3) is 0 Å². The number of carbonyl (C=O) groups is 1. The number of benzene rings is 1. The molecular weight excluding hydrogens is 207 g/mol. The summed E-state index contributed by atoms with van der Waals surface area (Å²) in [6.45, 7) is 1.75. The molecule has 1 aliphatic carbocycles. The molecule has 16 heavy (non-hydrogen) atoms. The van der Waals surface area contributed by atoms with Crippen molar-refractivity contribution in [2.45, 2.75) is 26.2 Å². The van der Waals surface area contributed by atoms with Crippen LogP contribution in [-0.2, 0) is 11.2 Å². The molecule has 0 spiro atoms. The fourth-order valence-corrected chi connectivity index (χ4v) is 1.80. The van der Waals surface area contributed by atoms with Crippen LogP contribution in [-0.4, -0.2) is 11.6 Å². The maximum atomic E-state index is 13.6. The number of fused-ring (bicyclic) bond motifs is 1. The van der Waals surface area contributed by atoms with Crippen LogP contribution in [0.15, 0.2) is 23.3 Å². The second-order valence-corrected chi connectivity index (χ2v) is 3.72. The van der Waals surface area contributed by atoms with Crippen molar-refractivity contribution in [3.63, 3.8) is 0 Å². The van der Waals surface area contributed by atoms with E-state index in [-0.39, 0.29) is 11.7 Å². The van der Waals surface area contributed by atoms with E-state index in [1.807, 2.05) is 6.07 Å². The van der Waals surface area contributed by atoms with E-state index in [1.54, 1.807) is 13.0 Å². The number of carbonyl (C=O) groups excluding carboxylic acids is 1. The van der Waals surface area contributed by atoms with Crippen LogP contribution in [0.1, 0.15) is 30.9 Å². The van der Waals surface area contributed by atoms with Crippen LogP contribution in [0, 0.1) is 5.82 Å². The topological polar surface area (TPSA) is 41.5 Å². The lowest BCUT2D eigenvalue weighted by molar-refractivity contribution is -0.120. The molecule has 0 saturated carbocycles. The zero-order chi connectivity index (χ0) is 11.5. The SMILES string of the molecule is CCC(=O)N/N=C1\CCc2cccc(F)c21. The van der Waals surface area contributed by atoms with E-state index in [2.05, 4.69) is 10.5 Å². The Morgan fingerprint density at radius 2 is 2.31 bits per heavy atom. The van der Waals surface area contributed by atoms with Gasteiger partial charge >= 0.3 is 0 Å². The normalized spacial score (nSPS) is 16.2. The Morgan fingerprint density at radius 3 is 3.06 bits per heavy atom. The summed E-state index contributed by atoms with van der Waals surface area (Å²) in [5.74, 6) is -0.420. The van der Waals surface area contributed by atoms with Gasteiger partial charge in [-0.3, -0.25) is 4.79 Å². The predicted octanol–water partition coefficient (Wildman–Crippen LogP) is 2.00. The highest BCUT2D eigenvalue weighted by atomic mass is 19.1. The fourth-order valence-electron chi connectivity index (χ4n) is 1.80. The second kappa shape index (κ2) is 4.43. The minimum absolute atomic E-state index is 0.155. The molecule has 0 saturated heterocycles. The molecule has 0 aromatic heterocycles. The number of halogens is 1. The molecule has 0 bridgehead atoms. The van der Waals surface area contributed by atoms with Crippen molar-refractivity contribution in [3.8, 4) is 0 Å². The van der Waals surface area contributed by atoms with Crippen LogP contribution in [0.2, 0.25) is 0 Å². The number of rotatable bonds is 2. The summed E-state index contributed by atoms with van der Waals surface area (Å²) in [4.78, 5) is 11.1. The molecule has 0 heterocycles. The van der Waals surface area contributed by atoms with Crippen LogP contribution in [0.4, 0.5) is 4.39 Å². The molecule has 1 amide bonds. The number of amides is 1. The van der Waals surface area contributed by atoms with Gasteiger partial charge in [0.1, 0.15) is 5.82 Å². The fraction of sp³-hybridized carbons (Fsp3) is 0.333. The third kappa shape index (κ3) is 1.96. The number of nitrogens with zero attached hydrogens (tertiary/aromatic N) is 1. The smallest absolute Gasteiger partial charge is 0.239 e. The summed E-state index contributed by atoms with van der Waals surface area (Å²) in [6, 6.07) is 5.01. The maximum Gasteiger partial charge on any atom is 0.239 e. The molecule has 0 aliphatic heterocycles. The van der Waals surface area contributed by atoms with Gasteiger partial charge in [-0.25, -0.2) is 9.82 Å². The molecule has 4 heteroatoms. The number of nitrogens with one attached hydrogen (secondary N) is 1. The first kappa shape index (κ1) is 10.8. The van der Waals surface area contributed by atoms with E-state index in [0.717, 1.165) is 12.0 Å². The van der Waals surface area contributed by atoms with Crippen molar-refractivity contribution in [3.05, 3.63) is 35.1 Å². The number of hydrogen-bond acceptors (Lipinski definition) is 2. The average molecular weight is 220 g/mol. The lowest BCUT2D eigenvalue weighted by Gasteiger charge is -2.02. The quantitative estimate of drug-likeness (QED) is 0.761. The van der Waals surface area contributed by atoms with Gasteiger partial charge in [0.25, 0.3) is 0 Å². The van der Waals surface area contributed by atoms with Gasteiger partial charge in [0.05, 0.1) is 5.71 Å². The highest BCUT2D eigenvalue weighted by Gasteiger charge is 2.21. The van der Waals surface area contributed by atoms with Crippen molar-refractivity contribution in [2.75, 3.05) is 0 Å². The van der Waals surface area contributed by atoms with Gasteiger partial charge in [0.2, 0.25) is 5.91 Å². The third-order valence-electron chi connectivity index (χ3n) is 2.66. The van der Waals surface area contributed by atoms with Crippen molar-refractivity contribution in [1.29, 1.82) is 0 Å². The van der Waals surface area contributed by atoms with Crippen LogP contribution >= 0.6 is 0 Å². The zero-order valence-electron chi connectivity index (χ0n) is 9.09. The van der Waals surface area contributed by atoms with Gasteiger partial charge < -0.3 is 0 Å². The molecule has 84 valence electrons. The number of hydrogen-bond donors (Lipinski definition) is 1. The van der Waals surface area contributed by atoms with E-state index in [4.69, 9.17) is 0 Å². The highest BCUT2D eigenvalue weighted by Crippen LogP contribution is 2.24.